The van der Waals surface area contributed by atoms with Crippen LogP contribution in [0.4, 0.5) is 30.6 Å². The number of hydrogen-bond acceptors (Lipinski definition) is 6. The Balaban J connectivity index is 1.90. The van der Waals surface area contributed by atoms with Gasteiger partial charge in [-0.3, -0.25) is 9.78 Å². The molecular weight excluding hydrogens is 375 g/mol. The van der Waals surface area contributed by atoms with Crippen molar-refractivity contribution >= 4 is 23.4 Å². The van der Waals surface area contributed by atoms with Crippen LogP contribution in [0, 0.1) is 0 Å². The van der Waals surface area contributed by atoms with Crippen molar-refractivity contribution in [2.45, 2.75) is 6.18 Å². The lowest BCUT2D eigenvalue weighted by Gasteiger charge is -2.12. The number of aromatic nitrogens is 3. The third-order valence-corrected chi connectivity index (χ3v) is 3.58. The molecule has 7 nitrogen and oxygen atoms in total. The minimum Gasteiger partial charge on any atom is -0.480 e. The molecule has 0 radical (unpaired) electrons. The monoisotopic (exact) mass is 389 g/mol. The zero-order valence-corrected chi connectivity index (χ0v) is 14.2. The highest BCUT2D eigenvalue weighted by Crippen LogP contribution is 2.30. The van der Waals surface area contributed by atoms with Crippen LogP contribution in [0.3, 0.4) is 0 Å². The number of halogens is 3. The maximum atomic E-state index is 12.7. The average molecular weight is 389 g/mol. The molecule has 0 aliphatic rings. The number of alkyl halides is 3. The number of nitrogens with one attached hydrogen (secondary N) is 2. The molecule has 2 aromatic heterocycles. The molecule has 0 fully saturated rings. The van der Waals surface area contributed by atoms with Gasteiger partial charge in [-0.05, 0) is 36.4 Å². The van der Waals surface area contributed by atoms with Gasteiger partial charge in [-0.15, -0.1) is 0 Å². The molecule has 10 heteroatoms. The fraction of sp³-hybridized carbons (Fsp3) is 0.111. The molecule has 0 unspecified atom stereocenters. The Kier molecular flexibility index (Phi) is 5.39. The van der Waals surface area contributed by atoms with E-state index < -0.39 is 17.7 Å². The lowest BCUT2D eigenvalue weighted by Crippen LogP contribution is -2.15. The Labute approximate surface area is 157 Å². The summed E-state index contributed by atoms with van der Waals surface area (Å²) in [5.74, 6) is -0.740. The first kappa shape index (κ1) is 19.1. The van der Waals surface area contributed by atoms with Crippen molar-refractivity contribution in [1.29, 1.82) is 0 Å². The summed E-state index contributed by atoms with van der Waals surface area (Å²) in [6.07, 6.45) is -1.27. The zero-order valence-electron chi connectivity index (χ0n) is 14.2. The van der Waals surface area contributed by atoms with Crippen molar-refractivity contribution in [2.24, 2.45) is 0 Å². The normalized spacial score (nSPS) is 11.1. The zero-order chi connectivity index (χ0) is 20.1. The number of anilines is 3. The second kappa shape index (κ2) is 7.91. The highest BCUT2D eigenvalue weighted by atomic mass is 19.4. The van der Waals surface area contributed by atoms with Crippen LogP contribution in [-0.4, -0.2) is 32.6 Å². The van der Waals surface area contributed by atoms with Gasteiger partial charge in [0.1, 0.15) is 12.4 Å². The van der Waals surface area contributed by atoms with Gasteiger partial charge >= 0.3 is 12.1 Å². The van der Waals surface area contributed by atoms with E-state index in [1.165, 1.54) is 12.1 Å². The minimum absolute atomic E-state index is 0.0612. The predicted molar refractivity (Wildman–Crippen MR) is 96.1 cm³/mol. The Bertz CT molecular complexity index is 963. The lowest BCUT2D eigenvalue weighted by molar-refractivity contribution is -0.137. The van der Waals surface area contributed by atoms with Crippen LogP contribution >= 0.6 is 0 Å². The number of rotatable bonds is 6. The fourth-order valence-corrected chi connectivity index (χ4v) is 2.31. The van der Waals surface area contributed by atoms with Gasteiger partial charge in [-0.2, -0.15) is 18.2 Å². The molecule has 0 amide bonds. The quantitative estimate of drug-likeness (QED) is 0.590. The van der Waals surface area contributed by atoms with Gasteiger partial charge in [0.2, 0.25) is 5.95 Å². The molecule has 144 valence electrons. The summed E-state index contributed by atoms with van der Waals surface area (Å²) in [5, 5.41) is 14.3. The summed E-state index contributed by atoms with van der Waals surface area (Å²) in [6, 6.07) is 9.49. The van der Waals surface area contributed by atoms with E-state index >= 15 is 0 Å². The largest absolute Gasteiger partial charge is 0.480 e. The number of carboxylic acids is 1. The van der Waals surface area contributed by atoms with E-state index in [9.17, 15) is 18.0 Å². The molecular formula is C18H14F3N5O2. The van der Waals surface area contributed by atoms with Crippen LogP contribution in [0.15, 0.2) is 54.9 Å². The number of aliphatic carboxylic acids is 1. The molecule has 28 heavy (non-hydrogen) atoms. The highest BCUT2D eigenvalue weighted by Gasteiger charge is 2.29. The molecule has 0 aliphatic carbocycles. The van der Waals surface area contributed by atoms with E-state index in [4.69, 9.17) is 5.11 Å². The summed E-state index contributed by atoms with van der Waals surface area (Å²) < 4.78 is 38.1. The summed E-state index contributed by atoms with van der Waals surface area (Å²) in [4.78, 5) is 23.1. The molecule has 1 aromatic carbocycles. The lowest BCUT2D eigenvalue weighted by atomic mass is 10.2. The van der Waals surface area contributed by atoms with Crippen LogP contribution in [0.5, 0.6) is 0 Å². The Morgan fingerprint density at radius 3 is 2.32 bits per heavy atom. The van der Waals surface area contributed by atoms with Crippen LogP contribution in [0.1, 0.15) is 5.56 Å². The fourth-order valence-electron chi connectivity index (χ4n) is 2.31. The second-order valence-corrected chi connectivity index (χ2v) is 5.65. The van der Waals surface area contributed by atoms with Crippen molar-refractivity contribution in [3.63, 3.8) is 0 Å². The Hall–Kier alpha value is -3.69. The van der Waals surface area contributed by atoms with Crippen molar-refractivity contribution < 1.29 is 23.1 Å². The van der Waals surface area contributed by atoms with Gasteiger partial charge in [-0.1, -0.05) is 0 Å². The molecule has 3 rings (SSSR count). The van der Waals surface area contributed by atoms with Gasteiger partial charge in [-0.25, -0.2) is 4.98 Å². The summed E-state index contributed by atoms with van der Waals surface area (Å²) in [6.45, 7) is -0.389. The third-order valence-electron chi connectivity index (χ3n) is 3.58. The maximum absolute atomic E-state index is 12.7. The number of pyridine rings is 1. The van der Waals surface area contributed by atoms with Gasteiger partial charge in [0.05, 0.1) is 11.3 Å². The smallest absolute Gasteiger partial charge is 0.416 e. The van der Waals surface area contributed by atoms with Crippen LogP contribution in [-0.2, 0) is 11.0 Å². The number of hydrogen-bond donors (Lipinski definition) is 3. The van der Waals surface area contributed by atoms with Gasteiger partial charge in [0, 0.05) is 29.7 Å². The van der Waals surface area contributed by atoms with E-state index in [0.717, 1.165) is 12.1 Å². The van der Waals surface area contributed by atoms with Crippen LogP contribution in [0.25, 0.3) is 11.3 Å². The number of carbonyl (C=O) groups is 1. The number of carboxylic acid groups (broad SMARTS) is 1. The first-order valence-corrected chi connectivity index (χ1v) is 8.01. The van der Waals surface area contributed by atoms with Crippen molar-refractivity contribution in [3.8, 4) is 11.3 Å². The Morgan fingerprint density at radius 1 is 1.04 bits per heavy atom. The molecule has 2 heterocycles. The maximum Gasteiger partial charge on any atom is 0.416 e. The standard InChI is InChI=1S/C18H14F3N5O2/c19-18(20,21)12-1-3-13(4-2-12)24-15-9-14(11-5-7-22-8-6-11)25-17(26-15)23-10-16(27)28/h1-9H,10H2,(H,27,28)(H2,23,24,25,26). The molecule has 0 aliphatic heterocycles. The molecule has 0 spiro atoms. The van der Waals surface area contributed by atoms with Crippen molar-refractivity contribution in [2.75, 3.05) is 17.2 Å². The van der Waals surface area contributed by atoms with Crippen LogP contribution in [0.2, 0.25) is 0 Å². The van der Waals surface area contributed by atoms with E-state index in [0.29, 0.717) is 16.9 Å². The number of benzene rings is 1. The Morgan fingerprint density at radius 2 is 1.71 bits per heavy atom. The molecule has 3 N–H and O–H groups in total. The van der Waals surface area contributed by atoms with Gasteiger partial charge in [0.15, 0.2) is 0 Å². The van der Waals surface area contributed by atoms with Gasteiger partial charge in [0.25, 0.3) is 0 Å². The minimum atomic E-state index is -4.42. The van der Waals surface area contributed by atoms with Gasteiger partial charge < -0.3 is 15.7 Å². The molecule has 0 atom stereocenters. The van der Waals surface area contributed by atoms with Crippen molar-refractivity contribution in [3.05, 3.63) is 60.4 Å². The average Bonchev–Trinajstić information content (AvgIpc) is 2.67. The molecule has 0 bridgehead atoms. The highest BCUT2D eigenvalue weighted by molar-refractivity contribution is 5.73. The third kappa shape index (κ3) is 4.93. The first-order valence-electron chi connectivity index (χ1n) is 8.01. The van der Waals surface area contributed by atoms with E-state index in [1.807, 2.05) is 0 Å². The van der Waals surface area contributed by atoms with E-state index in [-0.39, 0.29) is 18.3 Å². The molecule has 0 saturated carbocycles. The number of nitrogens with zero attached hydrogens (tertiary/aromatic N) is 3. The molecule has 0 saturated heterocycles. The second-order valence-electron chi connectivity index (χ2n) is 5.65. The first-order chi connectivity index (χ1) is 13.3. The molecule has 3 aromatic rings. The van der Waals surface area contributed by atoms with Crippen LogP contribution < -0.4 is 10.6 Å². The predicted octanol–water partition coefficient (Wildman–Crippen LogP) is 3.80. The van der Waals surface area contributed by atoms with E-state index in [1.54, 1.807) is 30.6 Å². The summed E-state index contributed by atoms with van der Waals surface area (Å²) >= 11 is 0. The van der Waals surface area contributed by atoms with Crippen molar-refractivity contribution in [1.82, 2.24) is 15.0 Å². The summed E-state index contributed by atoms with van der Waals surface area (Å²) in [5.41, 5.74) is 0.824. The van der Waals surface area contributed by atoms with E-state index in [2.05, 4.69) is 25.6 Å². The SMILES string of the molecule is O=C(O)CNc1nc(Nc2ccc(C(F)(F)F)cc2)cc(-c2ccncc2)n1. The topological polar surface area (TPSA) is 100 Å². The summed E-state index contributed by atoms with van der Waals surface area (Å²) in [7, 11) is 0.